The van der Waals surface area contributed by atoms with E-state index in [1.54, 1.807) is 103 Å². The lowest BCUT2D eigenvalue weighted by Gasteiger charge is -2.30. The largest absolute Gasteiger partial charge is 1.00 e. The fraction of sp³-hybridized carbons (Fsp3) is 0.236. The van der Waals surface area contributed by atoms with E-state index in [2.05, 4.69) is 70.5 Å². The maximum atomic E-state index is 12.8. The fourth-order valence-corrected chi connectivity index (χ4v) is 15.9. The molecule has 15 aromatic rings. The standard InChI is InChI=1S/C23H25N3O5.C21H19ClN2O5.C20H17ClN2O5.C19H18ClNO3.C16H15NO.C3H4BrClO2.C3H9N.CH4O.ClH/c1-14-18(20(27)21(24)28)19-16(25(14)13-15-9-6-5-7-10-15)11-8-12-17(19)31-22(23(29)30)26(2,3)4;1-12-16(18(25)20(23)26)17-14(24(12)11-13-7-4-3-5-8-13)9-6-10-15(17)29-19(22)21(27)28-2;1-11-15(17(24)19(22)25)16-13(23(11)10-12-6-3-2-4-7-12)8-5-9-14(16)28-18(21)20(26)27;1-13-11-15-16(21(13)12-14-7-4-3-5-8-14)9-6-10-17(15)24-18(20)19(22)23-2;1-12-10-14-15(8-5-9-16(14)18)17(12)11-13-6-3-2-4-7-13;1-7-3(6)2(4)5;1-4(2)3;1-2;/h5-12,22H,13H2,1-4H3,(H2-,24,28,29,30);3-10,19H,11H2,1-2H3,(H2,23,26);2-9,18H,10H2,1H3,(H2,22,25)(H,26,27);3-11,18H,12H2,1-2H3;2-10,18H,11H2,1H3;2H,1H3;1-3H3;2H,1H3;1H. The number of fused-ring (bicyclic) bond motifs is 5. The number of aliphatic hydroxyl groups is 1. The van der Waals surface area contributed by atoms with Crippen LogP contribution in [0.1, 0.15) is 87.4 Å². The van der Waals surface area contributed by atoms with Crippen LogP contribution in [0.2, 0.25) is 0 Å². The quantitative estimate of drug-likeness (QED) is 0.00418. The summed E-state index contributed by atoms with van der Waals surface area (Å²) in [4.78, 5) is 131. The number of carbonyl (C=O) groups excluding carboxylic acids is 9. The van der Waals surface area contributed by atoms with Gasteiger partial charge in [0.25, 0.3) is 51.8 Å². The van der Waals surface area contributed by atoms with Crippen LogP contribution in [0.5, 0.6) is 28.7 Å². The van der Waals surface area contributed by atoms with Gasteiger partial charge in [0.05, 0.1) is 103 Å². The average Bonchev–Trinajstić information content (AvgIpc) is 1.59. The number of rotatable bonds is 30. The van der Waals surface area contributed by atoms with Gasteiger partial charge in [-0.1, -0.05) is 244 Å². The number of aromatic nitrogens is 5. The van der Waals surface area contributed by atoms with Gasteiger partial charge in [-0.05, 0) is 156 Å². The number of aliphatic hydroxyl groups excluding tert-OH is 1. The van der Waals surface area contributed by atoms with E-state index in [9.17, 15) is 63.0 Å². The van der Waals surface area contributed by atoms with Crippen molar-refractivity contribution in [1.29, 1.82) is 0 Å². The molecule has 0 saturated heterocycles. The van der Waals surface area contributed by atoms with E-state index in [1.807, 2.05) is 210 Å². The number of carboxylic acid groups (broad SMARTS) is 2. The predicted molar refractivity (Wildman–Crippen MR) is 554 cm³/mol. The number of hydrogen-bond donors (Lipinski definition) is 7. The van der Waals surface area contributed by atoms with E-state index >= 15 is 0 Å². The van der Waals surface area contributed by atoms with Crippen molar-refractivity contribution in [2.75, 3.05) is 70.7 Å². The summed E-state index contributed by atoms with van der Waals surface area (Å²) in [6.45, 7) is 12.2. The number of aryl methyl sites for hydroxylation is 2. The molecule has 0 fully saturated rings. The van der Waals surface area contributed by atoms with Crippen molar-refractivity contribution >= 4 is 182 Å². The Labute approximate surface area is 865 Å². The average molecular weight is 2140 g/mol. The highest BCUT2D eigenvalue weighted by Crippen LogP contribution is 2.41. The number of quaternary nitrogens is 1. The maximum absolute atomic E-state index is 12.8. The van der Waals surface area contributed by atoms with Crippen LogP contribution in [0.3, 0.4) is 0 Å². The summed E-state index contributed by atoms with van der Waals surface area (Å²) in [5.41, 5.74) is 25.2. The molecule has 0 spiro atoms. The van der Waals surface area contributed by atoms with E-state index in [1.165, 1.54) is 38.5 Å². The van der Waals surface area contributed by atoms with Crippen molar-refractivity contribution in [3.63, 3.8) is 0 Å². The Morgan fingerprint density at radius 2 is 0.618 bits per heavy atom. The number of likely N-dealkylation sites (N-methyl/N-ethyl adjacent to an activating group) is 1. The van der Waals surface area contributed by atoms with Gasteiger partial charge in [-0.2, -0.15) is 0 Å². The van der Waals surface area contributed by atoms with Gasteiger partial charge in [-0.25, -0.2) is 24.0 Å². The number of methoxy groups -OCH3 is 3. The van der Waals surface area contributed by atoms with Gasteiger partial charge in [-0.15, -0.1) is 0 Å². The Morgan fingerprint density at radius 3 is 0.889 bits per heavy atom. The normalized spacial score (nSPS) is 11.7. The summed E-state index contributed by atoms with van der Waals surface area (Å²) >= 11 is 25.6. The monoisotopic (exact) mass is 2130 g/mol. The molecule has 5 atom stereocenters. The molecule has 5 aromatic heterocycles. The van der Waals surface area contributed by atoms with E-state index in [-0.39, 0.29) is 50.8 Å². The van der Waals surface area contributed by atoms with Crippen molar-refractivity contribution in [2.24, 2.45) is 17.2 Å². The van der Waals surface area contributed by atoms with E-state index in [4.69, 9.17) is 92.8 Å². The predicted octanol–water partition coefficient (Wildman–Crippen LogP) is 13.4. The molecule has 3 amide bonds. The molecule has 760 valence electrons. The van der Waals surface area contributed by atoms with Crippen molar-refractivity contribution < 1.29 is 123 Å². The number of amides is 3. The first-order valence-electron chi connectivity index (χ1n) is 43.8. The smallest absolute Gasteiger partial charge is 0.405 e. The number of phenolic OH excluding ortho intramolecular Hbond substituents is 1. The number of ketones is 3. The minimum atomic E-state index is -1.65. The highest BCUT2D eigenvalue weighted by Gasteiger charge is 2.37. The number of ether oxygens (including phenoxy) is 7. The van der Waals surface area contributed by atoms with Crippen molar-refractivity contribution in [3.05, 3.63) is 328 Å². The molecule has 38 heteroatoms. The van der Waals surface area contributed by atoms with Crippen LogP contribution in [0, 0.1) is 34.6 Å². The molecule has 0 saturated carbocycles. The molecule has 5 heterocycles. The van der Waals surface area contributed by atoms with Crippen molar-refractivity contribution in [2.45, 2.75) is 94.5 Å². The second-order valence-corrected chi connectivity index (χ2v) is 36.1. The Balaban J connectivity index is 0.000000238. The van der Waals surface area contributed by atoms with Crippen LogP contribution in [0.25, 0.3) is 54.5 Å². The van der Waals surface area contributed by atoms with Crippen LogP contribution in [-0.4, -0.2) is 215 Å². The summed E-state index contributed by atoms with van der Waals surface area (Å²) < 4.78 is 45.1. The molecule has 10 N–H and O–H groups in total. The number of alkyl halides is 5. The lowest BCUT2D eigenvalue weighted by Crippen LogP contribution is -3.00. The van der Waals surface area contributed by atoms with E-state index < -0.39 is 92.1 Å². The Kier molecular flexibility index (Phi) is 44.2. The van der Waals surface area contributed by atoms with Gasteiger partial charge in [0.2, 0.25) is 0 Å². The number of nitrogens with zero attached hydrogens (tertiary/aromatic N) is 7. The number of aliphatic carboxylic acids is 2. The summed E-state index contributed by atoms with van der Waals surface area (Å²) in [5.74, 6) is -8.88. The molecule has 5 unspecified atom stereocenters. The molecule has 0 radical (unpaired) electrons. The van der Waals surface area contributed by atoms with Gasteiger partial charge < -0.3 is 111 Å². The number of hydrogen-bond acceptors (Lipinski definition) is 21. The van der Waals surface area contributed by atoms with Gasteiger partial charge in [0.1, 0.15) is 28.7 Å². The zero-order valence-corrected chi connectivity index (χ0v) is 86.8. The van der Waals surface area contributed by atoms with Crippen molar-refractivity contribution in [1.82, 2.24) is 27.7 Å². The van der Waals surface area contributed by atoms with Gasteiger partial charge in [0, 0.05) is 79.1 Å². The Bertz CT molecular complexity index is 7010. The molecule has 0 bridgehead atoms. The molecule has 15 rings (SSSR count). The first-order chi connectivity index (χ1) is 67.9. The zero-order valence-electron chi connectivity index (χ0n) is 81.4. The highest BCUT2D eigenvalue weighted by molar-refractivity contribution is 9.10. The Hall–Kier alpha value is -14.5. The number of aromatic hydroxyl groups is 1. The number of primary amides is 3. The molecule has 0 aliphatic heterocycles. The van der Waals surface area contributed by atoms with Gasteiger partial charge >= 0.3 is 36.1 Å². The van der Waals surface area contributed by atoms with Crippen LogP contribution in [-0.2, 0) is 85.3 Å². The second kappa shape index (κ2) is 54.6. The topological polar surface area (TPSA) is 439 Å². The third kappa shape index (κ3) is 30.3. The number of nitrogens with two attached hydrogens (primary N) is 3. The number of esters is 3. The van der Waals surface area contributed by atoms with Crippen LogP contribution >= 0.6 is 62.3 Å². The van der Waals surface area contributed by atoms with E-state index in [0.29, 0.717) is 80.9 Å². The first-order valence-corrected chi connectivity index (χ1v) is 46.5. The van der Waals surface area contributed by atoms with Crippen molar-refractivity contribution in [3.8, 4) is 28.7 Å². The molecule has 144 heavy (non-hydrogen) atoms. The molecule has 10 aromatic carbocycles. The summed E-state index contributed by atoms with van der Waals surface area (Å²) in [7, 11) is 15.8. The van der Waals surface area contributed by atoms with E-state index in [0.717, 1.165) is 70.1 Å². The van der Waals surface area contributed by atoms with Crippen LogP contribution < -0.4 is 48.6 Å². The number of Topliss-reactive ketones (excluding diaryl/α,β-unsaturated/α-hetero) is 3. The fourth-order valence-electron chi connectivity index (χ4n) is 15.1. The molecule has 0 aliphatic rings. The van der Waals surface area contributed by atoms with Gasteiger partial charge in [0.15, 0.2) is 4.29 Å². The summed E-state index contributed by atoms with van der Waals surface area (Å²) in [5, 5.41) is 38.4. The molecule has 32 nitrogen and oxygen atoms in total. The molecular formula is C106H112BrCl5N10O22. The third-order valence-electron chi connectivity index (χ3n) is 21.6. The third-order valence-corrected chi connectivity index (χ3v) is 23.0. The lowest BCUT2D eigenvalue weighted by molar-refractivity contribution is -0.905. The lowest BCUT2D eigenvalue weighted by atomic mass is 10.1. The number of carbonyl (C=O) groups is 11. The zero-order chi connectivity index (χ0) is 106. The number of halogens is 6. The minimum absolute atomic E-state index is 0. The minimum Gasteiger partial charge on any atom is -1.00 e. The second-order valence-electron chi connectivity index (χ2n) is 33.0. The molecular weight excluding hydrogens is 2020 g/mol. The maximum Gasteiger partial charge on any atom is 0.405 e. The number of carboxylic acids is 2. The van der Waals surface area contributed by atoms with Gasteiger partial charge in [-0.3, -0.25) is 33.3 Å². The van der Waals surface area contributed by atoms with Crippen LogP contribution in [0.4, 0.5) is 0 Å². The number of benzene rings is 10. The molecule has 0 aliphatic carbocycles. The SMILES string of the molecule is CN(C)C.CO.COC(=O)C(Cl)Br.COC(=O)C(Cl)Oc1cccc2c1c(C(=O)C(N)=O)c(C)n2Cc1ccccc1.COC(=O)C(Cl)Oc1cccc2c1cc(C)n2Cc1ccccc1.Cc1c(C(=O)C(N)=O)c2c(OC(C(=O)O)[N+](C)(C)C)cccc2n1Cc1ccccc1.Cc1c(C(=O)C(N)=O)c2c(OC(Cl)C(=O)O)cccc2n1Cc1ccccc1.Cc1cc2c(O)cccc2n1Cc1ccccc1.[Cl-]. The van der Waals surface area contributed by atoms with Crippen LogP contribution in [0.15, 0.2) is 255 Å². The first kappa shape index (κ1) is 116. The summed E-state index contributed by atoms with van der Waals surface area (Å²) in [6.07, 6.45) is -1.22. The summed E-state index contributed by atoms with van der Waals surface area (Å²) in [6, 6.07) is 80.0. The Morgan fingerprint density at radius 1 is 0.361 bits per heavy atom. The highest BCUT2D eigenvalue weighted by atomic mass is 79.9. The number of phenols is 1.